The summed E-state index contributed by atoms with van der Waals surface area (Å²) in [5.41, 5.74) is 14.8. The minimum absolute atomic E-state index is 0.604. The van der Waals surface area contributed by atoms with Crippen molar-refractivity contribution in [3.05, 3.63) is 166 Å². The van der Waals surface area contributed by atoms with Crippen LogP contribution in [0.4, 0.5) is 0 Å². The minimum atomic E-state index is -1.63. The zero-order valence-electron chi connectivity index (χ0n) is 47.9. The Balaban J connectivity index is 1.24. The van der Waals surface area contributed by atoms with Crippen LogP contribution in [0.15, 0.2) is 121 Å². The van der Waals surface area contributed by atoms with Gasteiger partial charge >= 0.3 is 0 Å². The molecule has 0 radical (unpaired) electrons. The van der Waals surface area contributed by atoms with Crippen LogP contribution >= 0.6 is 0 Å². The zero-order chi connectivity index (χ0) is 55.2. The molecule has 0 aromatic heterocycles. The number of rotatable bonds is 26. The maximum Gasteiger partial charge on any atom is 0.136 e. The van der Waals surface area contributed by atoms with Crippen LogP contribution in [0.1, 0.15) is 175 Å². The van der Waals surface area contributed by atoms with E-state index in [1.54, 1.807) is 0 Å². The molecule has 6 aromatic carbocycles. The average Bonchev–Trinajstić information content (AvgIpc) is 3.46. The van der Waals surface area contributed by atoms with Crippen LogP contribution in [0.5, 0.6) is 23.0 Å². The molecular weight excluding hydrogens is 969 g/mol. The van der Waals surface area contributed by atoms with Gasteiger partial charge in [-0.1, -0.05) is 220 Å². The van der Waals surface area contributed by atoms with Crippen molar-refractivity contribution in [2.24, 2.45) is 0 Å². The summed E-state index contributed by atoms with van der Waals surface area (Å²) in [6.07, 6.45) is 23.5. The normalized spacial score (nSPS) is 10.6. The first-order valence-electron chi connectivity index (χ1n) is 28.9. The topological polar surface area (TPSA) is 36.9 Å². The molecule has 6 rings (SSSR count). The van der Waals surface area contributed by atoms with Gasteiger partial charge in [0.25, 0.3) is 0 Å². The molecule has 402 valence electrons. The maximum absolute atomic E-state index is 6.51. The summed E-state index contributed by atoms with van der Waals surface area (Å²) < 4.78 is 25.9. The summed E-state index contributed by atoms with van der Waals surface area (Å²) in [7, 11) is -1.63. The first kappa shape index (κ1) is 59.8. The van der Waals surface area contributed by atoms with Gasteiger partial charge in [-0.15, -0.1) is 12.0 Å². The number of hydrogen-bond acceptors (Lipinski definition) is 4. The third-order valence-electron chi connectivity index (χ3n) is 13.2. The number of terminal acetylenes is 1. The van der Waals surface area contributed by atoms with Crippen LogP contribution in [0.3, 0.4) is 0 Å². The van der Waals surface area contributed by atoms with E-state index in [0.717, 1.165) is 148 Å². The molecule has 0 N–H and O–H groups in total. The van der Waals surface area contributed by atoms with Crippen molar-refractivity contribution in [1.82, 2.24) is 0 Å². The van der Waals surface area contributed by atoms with Crippen LogP contribution in [-0.4, -0.2) is 34.5 Å². The summed E-state index contributed by atoms with van der Waals surface area (Å²) in [6.45, 7) is 18.2. The molecule has 0 spiro atoms. The Morgan fingerprint density at radius 1 is 0.321 bits per heavy atom. The average molecular weight is 1050 g/mol. The van der Waals surface area contributed by atoms with E-state index in [9.17, 15) is 0 Å². The fourth-order valence-electron chi connectivity index (χ4n) is 8.50. The second-order valence-corrected chi connectivity index (χ2v) is 25.8. The Labute approximate surface area is 471 Å². The fraction of sp³-hybridized carbons (Fsp3) is 0.370. The highest BCUT2D eigenvalue weighted by Crippen LogP contribution is 2.32. The SMILES string of the molecule is C#Cc1ccc(-c2ccc(C#Cc3cc(OCCCCCC)c(C#Cc4ccc(-c5ccc(C#Cc6cc(OCCCCCC)c(C#C[Si](C)(C)C)cc6OCCCCCC)cc5)cc4)cc3OCCCCCC)cc2)cc1. The van der Waals surface area contributed by atoms with E-state index in [4.69, 9.17) is 25.4 Å². The first-order chi connectivity index (χ1) is 38.1. The minimum Gasteiger partial charge on any atom is -0.492 e. The van der Waals surface area contributed by atoms with E-state index in [0.29, 0.717) is 32.2 Å². The monoisotopic (exact) mass is 1050 g/mol. The lowest BCUT2D eigenvalue weighted by molar-refractivity contribution is 0.295. The van der Waals surface area contributed by atoms with Crippen molar-refractivity contribution in [3.8, 4) is 105 Å². The van der Waals surface area contributed by atoms with E-state index in [2.05, 4.69) is 191 Å². The van der Waals surface area contributed by atoms with Crippen LogP contribution in [0.2, 0.25) is 19.6 Å². The molecule has 0 unspecified atom stereocenters. The molecule has 0 saturated carbocycles. The van der Waals surface area contributed by atoms with Gasteiger partial charge in [0.1, 0.15) is 31.1 Å². The highest BCUT2D eigenvalue weighted by Gasteiger charge is 2.15. The maximum atomic E-state index is 6.51. The predicted octanol–water partition coefficient (Wildman–Crippen LogP) is 18.3. The Morgan fingerprint density at radius 3 is 0.821 bits per heavy atom. The molecular formula is C73H82O4Si. The van der Waals surface area contributed by atoms with E-state index in [1.165, 1.54) is 38.5 Å². The number of ether oxygens (including phenoxy) is 4. The molecule has 6 aromatic rings. The molecule has 0 fully saturated rings. The molecule has 0 amide bonds. The smallest absolute Gasteiger partial charge is 0.136 e. The number of hydrogen-bond donors (Lipinski definition) is 0. The van der Waals surface area contributed by atoms with Gasteiger partial charge in [0.2, 0.25) is 0 Å². The molecule has 0 bridgehead atoms. The molecule has 78 heavy (non-hydrogen) atoms. The molecule has 5 heteroatoms. The Bertz CT molecular complexity index is 3100. The predicted molar refractivity (Wildman–Crippen MR) is 331 cm³/mol. The largest absolute Gasteiger partial charge is 0.492 e. The second-order valence-electron chi connectivity index (χ2n) is 21.0. The number of benzene rings is 6. The van der Waals surface area contributed by atoms with Crippen molar-refractivity contribution < 1.29 is 18.9 Å². The fourth-order valence-corrected chi connectivity index (χ4v) is 9.01. The van der Waals surface area contributed by atoms with Crippen molar-refractivity contribution in [2.75, 3.05) is 26.4 Å². The van der Waals surface area contributed by atoms with E-state index < -0.39 is 8.07 Å². The van der Waals surface area contributed by atoms with Gasteiger partial charge in [-0.2, -0.15) is 0 Å². The van der Waals surface area contributed by atoms with Gasteiger partial charge in [0.15, 0.2) is 0 Å². The summed E-state index contributed by atoms with van der Waals surface area (Å²) >= 11 is 0. The highest BCUT2D eigenvalue weighted by molar-refractivity contribution is 6.83. The van der Waals surface area contributed by atoms with E-state index in [1.807, 2.05) is 30.3 Å². The van der Waals surface area contributed by atoms with Gasteiger partial charge < -0.3 is 18.9 Å². The van der Waals surface area contributed by atoms with Crippen LogP contribution in [0, 0.1) is 59.3 Å². The van der Waals surface area contributed by atoms with Crippen molar-refractivity contribution in [2.45, 2.75) is 150 Å². The van der Waals surface area contributed by atoms with Gasteiger partial charge in [-0.25, -0.2) is 0 Å². The highest BCUT2D eigenvalue weighted by atomic mass is 28.3. The summed E-state index contributed by atoms with van der Waals surface area (Å²) in [4.78, 5) is 0. The third-order valence-corrected chi connectivity index (χ3v) is 14.0. The molecule has 0 saturated heterocycles. The standard InChI is InChI=1S/C73H82O4Si/c1-9-14-18-22-49-74-70-55-67(71(75-50-23-19-15-10-2)54-66(70)45-34-59-28-39-63(40-29-59)62-37-26-58(13-5)27-38-62)46-35-60-30-41-64(42-31-60)65-43-32-61(33-44-65)36-47-68-56-73(77-52-25-21-17-12-4)69(48-53-78(6,7)8)57-72(68)76-51-24-20-16-11-3/h5,26-33,37-44,54-57H,9-12,14-25,49-52H2,1-4,6-8H3. The van der Waals surface area contributed by atoms with Crippen LogP contribution in [-0.2, 0) is 0 Å². The van der Waals surface area contributed by atoms with Gasteiger partial charge in [0.05, 0.1) is 48.7 Å². The quantitative estimate of drug-likeness (QED) is 0.0308. The van der Waals surface area contributed by atoms with Gasteiger partial charge in [0, 0.05) is 46.5 Å². The summed E-state index contributed by atoms with van der Waals surface area (Å²) in [5, 5.41) is 0. The summed E-state index contributed by atoms with van der Waals surface area (Å²) in [5.74, 6) is 29.8. The lowest BCUT2D eigenvalue weighted by atomic mass is 10.0. The van der Waals surface area contributed by atoms with E-state index in [-0.39, 0.29) is 0 Å². The number of unbranched alkanes of at least 4 members (excludes halogenated alkanes) is 12. The van der Waals surface area contributed by atoms with Crippen molar-refractivity contribution in [3.63, 3.8) is 0 Å². The molecule has 0 atom stereocenters. The van der Waals surface area contributed by atoms with Gasteiger partial charge in [-0.3, -0.25) is 0 Å². The molecule has 0 heterocycles. The Morgan fingerprint density at radius 2 is 0.577 bits per heavy atom. The zero-order valence-corrected chi connectivity index (χ0v) is 48.9. The molecule has 0 aliphatic heterocycles. The molecule has 4 nitrogen and oxygen atoms in total. The van der Waals surface area contributed by atoms with Crippen molar-refractivity contribution >= 4 is 8.07 Å². The Kier molecular flexibility index (Phi) is 25.3. The molecule has 0 aliphatic carbocycles. The Hall–Kier alpha value is -7.46. The van der Waals surface area contributed by atoms with Crippen LogP contribution < -0.4 is 18.9 Å². The lowest BCUT2D eigenvalue weighted by Gasteiger charge is -2.14. The van der Waals surface area contributed by atoms with E-state index >= 15 is 0 Å². The first-order valence-corrected chi connectivity index (χ1v) is 32.4. The second kappa shape index (κ2) is 33.0. The lowest BCUT2D eigenvalue weighted by Crippen LogP contribution is -2.16. The van der Waals surface area contributed by atoms with Crippen molar-refractivity contribution in [1.29, 1.82) is 0 Å². The third kappa shape index (κ3) is 20.5. The van der Waals surface area contributed by atoms with Crippen LogP contribution in [0.25, 0.3) is 22.3 Å². The van der Waals surface area contributed by atoms with Gasteiger partial charge in [-0.05, 0) is 96.5 Å². The summed E-state index contributed by atoms with van der Waals surface area (Å²) in [6, 6.07) is 41.3. The molecule has 0 aliphatic rings.